The molecule has 5 heteroatoms. The van der Waals surface area contributed by atoms with Crippen LogP contribution in [0.3, 0.4) is 0 Å². The lowest BCUT2D eigenvalue weighted by molar-refractivity contribution is 0.0992. The largest absolute Gasteiger partial charge is 0.478 e. The molecule has 3 aromatic rings. The van der Waals surface area contributed by atoms with Crippen molar-refractivity contribution >= 4 is 22.5 Å². The quantitative estimate of drug-likeness (QED) is 0.599. The first-order valence-corrected chi connectivity index (χ1v) is 9.11. The fourth-order valence-corrected chi connectivity index (χ4v) is 2.76. The van der Waals surface area contributed by atoms with E-state index in [-0.39, 0.29) is 24.0 Å². The van der Waals surface area contributed by atoms with Crippen LogP contribution in [-0.4, -0.2) is 24.5 Å². The highest BCUT2D eigenvalue weighted by atomic mass is 19.1. The van der Waals surface area contributed by atoms with Gasteiger partial charge in [0.25, 0.3) is 5.91 Å². The Labute approximate surface area is 164 Å². The van der Waals surface area contributed by atoms with Crippen molar-refractivity contribution in [1.82, 2.24) is 4.98 Å². The van der Waals surface area contributed by atoms with E-state index in [0.717, 1.165) is 23.7 Å². The minimum absolute atomic E-state index is 0.0747. The molecule has 0 aliphatic heterocycles. The Hall–Kier alpha value is -3.39. The highest BCUT2D eigenvalue weighted by Gasteiger charge is 2.19. The van der Waals surface area contributed by atoms with Crippen LogP contribution in [0, 0.1) is 17.7 Å². The van der Waals surface area contributed by atoms with Gasteiger partial charge in [-0.2, -0.15) is 0 Å². The second-order valence-electron chi connectivity index (χ2n) is 6.26. The number of hydrogen-bond donors (Lipinski definition) is 0. The number of ether oxygens (including phenoxy) is 1. The van der Waals surface area contributed by atoms with E-state index >= 15 is 0 Å². The molecule has 0 atom stereocenters. The monoisotopic (exact) mass is 376 g/mol. The number of hydrogen-bond acceptors (Lipinski definition) is 3. The standard InChI is InChI=1S/C23H21FN2O2/c1-3-4-5-6-15-28-21-11-7-10-20(22(21)24)26(2)23(27)18-12-13-19-17(16-18)9-8-14-25-19/h7-14,16H,3-4,15H2,1-2H3. The van der Waals surface area contributed by atoms with Gasteiger partial charge in [-0.1, -0.05) is 30.9 Å². The average molecular weight is 376 g/mol. The van der Waals surface area contributed by atoms with Crippen LogP contribution in [0.25, 0.3) is 10.9 Å². The minimum Gasteiger partial charge on any atom is -0.478 e. The Morgan fingerprint density at radius 1 is 1.18 bits per heavy atom. The fourth-order valence-electron chi connectivity index (χ4n) is 2.76. The third kappa shape index (κ3) is 4.29. The number of rotatable bonds is 5. The number of amides is 1. The molecule has 0 aliphatic rings. The van der Waals surface area contributed by atoms with E-state index in [2.05, 4.69) is 16.8 Å². The summed E-state index contributed by atoms with van der Waals surface area (Å²) in [6.45, 7) is 2.15. The molecule has 0 unspecified atom stereocenters. The van der Waals surface area contributed by atoms with E-state index in [9.17, 15) is 9.18 Å². The van der Waals surface area contributed by atoms with Crippen LogP contribution in [0.2, 0.25) is 0 Å². The molecule has 0 aliphatic carbocycles. The molecule has 2 aromatic carbocycles. The van der Waals surface area contributed by atoms with Gasteiger partial charge in [0, 0.05) is 30.6 Å². The maximum atomic E-state index is 14.9. The molecular weight excluding hydrogens is 355 g/mol. The van der Waals surface area contributed by atoms with Crippen molar-refractivity contribution in [3.8, 4) is 17.6 Å². The molecular formula is C23H21FN2O2. The molecule has 0 N–H and O–H groups in total. The van der Waals surface area contributed by atoms with Crippen molar-refractivity contribution in [2.24, 2.45) is 0 Å². The summed E-state index contributed by atoms with van der Waals surface area (Å²) in [5.74, 6) is 4.97. The van der Waals surface area contributed by atoms with E-state index in [1.54, 1.807) is 43.6 Å². The molecule has 1 aromatic heterocycles. The van der Waals surface area contributed by atoms with Gasteiger partial charge >= 0.3 is 0 Å². The first-order chi connectivity index (χ1) is 13.6. The highest BCUT2D eigenvalue weighted by Crippen LogP contribution is 2.28. The molecule has 0 saturated carbocycles. The second kappa shape index (κ2) is 9.01. The van der Waals surface area contributed by atoms with Gasteiger partial charge in [0.1, 0.15) is 6.61 Å². The number of benzene rings is 2. The number of fused-ring (bicyclic) bond motifs is 1. The molecule has 28 heavy (non-hydrogen) atoms. The molecule has 4 nitrogen and oxygen atoms in total. The molecule has 1 heterocycles. The van der Waals surface area contributed by atoms with E-state index in [1.807, 2.05) is 19.1 Å². The first kappa shape index (κ1) is 19.4. The number of unbranched alkanes of at least 4 members (excludes halogenated alkanes) is 1. The Morgan fingerprint density at radius 2 is 2.04 bits per heavy atom. The molecule has 0 bridgehead atoms. The summed E-state index contributed by atoms with van der Waals surface area (Å²) < 4.78 is 20.3. The average Bonchev–Trinajstić information content (AvgIpc) is 2.73. The van der Waals surface area contributed by atoms with Gasteiger partial charge < -0.3 is 9.64 Å². The Kier molecular flexibility index (Phi) is 6.23. The zero-order valence-electron chi connectivity index (χ0n) is 15.9. The number of halogens is 1. The second-order valence-corrected chi connectivity index (χ2v) is 6.26. The summed E-state index contributed by atoms with van der Waals surface area (Å²) in [5.41, 5.74) is 1.40. The van der Waals surface area contributed by atoms with Crippen molar-refractivity contribution in [2.45, 2.75) is 19.8 Å². The number of carbonyl (C=O) groups excluding carboxylic acids is 1. The number of anilines is 1. The zero-order valence-corrected chi connectivity index (χ0v) is 15.9. The number of aromatic nitrogens is 1. The van der Waals surface area contributed by atoms with E-state index in [1.165, 1.54) is 11.0 Å². The first-order valence-electron chi connectivity index (χ1n) is 9.11. The summed E-state index contributed by atoms with van der Waals surface area (Å²) in [4.78, 5) is 18.4. The van der Waals surface area contributed by atoms with E-state index < -0.39 is 5.82 Å². The van der Waals surface area contributed by atoms with Crippen molar-refractivity contribution < 1.29 is 13.9 Å². The maximum absolute atomic E-state index is 14.9. The topological polar surface area (TPSA) is 42.4 Å². The van der Waals surface area contributed by atoms with Crippen LogP contribution >= 0.6 is 0 Å². The van der Waals surface area contributed by atoms with Gasteiger partial charge in [-0.05, 0) is 42.8 Å². The van der Waals surface area contributed by atoms with Crippen molar-refractivity contribution in [3.05, 3.63) is 66.1 Å². The molecule has 0 fully saturated rings. The SMILES string of the molecule is CCCC#CCOc1cccc(N(C)C(=O)c2ccc3ncccc3c2)c1F. The van der Waals surface area contributed by atoms with Crippen LogP contribution in [-0.2, 0) is 0 Å². The number of nitrogens with zero attached hydrogens (tertiary/aromatic N) is 2. The minimum atomic E-state index is -0.585. The van der Waals surface area contributed by atoms with E-state index in [0.29, 0.717) is 5.56 Å². The summed E-state index contributed by atoms with van der Waals surface area (Å²) in [7, 11) is 1.54. The zero-order chi connectivity index (χ0) is 19.9. The van der Waals surface area contributed by atoms with Crippen LogP contribution in [0.1, 0.15) is 30.1 Å². The molecule has 142 valence electrons. The molecule has 1 amide bonds. The van der Waals surface area contributed by atoms with Gasteiger partial charge in [0.15, 0.2) is 11.6 Å². The Morgan fingerprint density at radius 3 is 2.86 bits per heavy atom. The van der Waals surface area contributed by atoms with Crippen molar-refractivity contribution in [3.63, 3.8) is 0 Å². The van der Waals surface area contributed by atoms with Gasteiger partial charge in [0.2, 0.25) is 0 Å². The van der Waals surface area contributed by atoms with Gasteiger partial charge in [-0.3, -0.25) is 9.78 Å². The molecule has 0 saturated heterocycles. The Balaban J connectivity index is 1.81. The third-order valence-corrected chi connectivity index (χ3v) is 4.26. The Bertz CT molecular complexity index is 1050. The van der Waals surface area contributed by atoms with Gasteiger partial charge in [-0.25, -0.2) is 4.39 Å². The van der Waals surface area contributed by atoms with Crippen LogP contribution < -0.4 is 9.64 Å². The molecule has 0 spiro atoms. The number of carbonyl (C=O) groups is 1. The summed E-state index contributed by atoms with van der Waals surface area (Å²) in [6.07, 6.45) is 3.45. The van der Waals surface area contributed by atoms with Gasteiger partial charge in [-0.15, -0.1) is 0 Å². The third-order valence-electron chi connectivity index (χ3n) is 4.26. The van der Waals surface area contributed by atoms with E-state index in [4.69, 9.17) is 4.74 Å². The lowest BCUT2D eigenvalue weighted by Gasteiger charge is -2.19. The predicted molar refractivity (Wildman–Crippen MR) is 109 cm³/mol. The summed E-state index contributed by atoms with van der Waals surface area (Å²) in [5, 5.41) is 0.852. The summed E-state index contributed by atoms with van der Waals surface area (Å²) >= 11 is 0. The summed E-state index contributed by atoms with van der Waals surface area (Å²) in [6, 6.07) is 13.6. The smallest absolute Gasteiger partial charge is 0.258 e. The molecule has 0 radical (unpaired) electrons. The fraction of sp³-hybridized carbons (Fsp3) is 0.217. The van der Waals surface area contributed by atoms with Crippen molar-refractivity contribution in [2.75, 3.05) is 18.6 Å². The lowest BCUT2D eigenvalue weighted by Crippen LogP contribution is -2.27. The van der Waals surface area contributed by atoms with Crippen molar-refractivity contribution in [1.29, 1.82) is 0 Å². The van der Waals surface area contributed by atoms with Crippen LogP contribution in [0.15, 0.2) is 54.7 Å². The lowest BCUT2D eigenvalue weighted by atomic mass is 10.1. The van der Waals surface area contributed by atoms with Gasteiger partial charge in [0.05, 0.1) is 11.2 Å². The number of pyridine rings is 1. The van der Waals surface area contributed by atoms with Crippen LogP contribution in [0.5, 0.6) is 5.75 Å². The normalized spacial score (nSPS) is 10.2. The predicted octanol–water partition coefficient (Wildman–Crippen LogP) is 4.83. The molecule has 3 rings (SSSR count). The highest BCUT2D eigenvalue weighted by molar-refractivity contribution is 6.07. The van der Waals surface area contributed by atoms with Crippen LogP contribution in [0.4, 0.5) is 10.1 Å². The maximum Gasteiger partial charge on any atom is 0.258 e.